The second-order valence-electron chi connectivity index (χ2n) is 10.7. The van der Waals surface area contributed by atoms with Crippen LogP contribution in [-0.2, 0) is 47.6 Å². The van der Waals surface area contributed by atoms with E-state index in [0.29, 0.717) is 5.56 Å². The predicted molar refractivity (Wildman–Crippen MR) is 168 cm³/mol. The molecule has 1 saturated heterocycles. The molecule has 1 aliphatic rings. The highest BCUT2D eigenvalue weighted by Gasteiger charge is 2.52. The fourth-order valence-electron chi connectivity index (χ4n) is 4.26. The van der Waals surface area contributed by atoms with Crippen molar-refractivity contribution in [1.82, 2.24) is 0 Å². The molecule has 1 aromatic rings. The number of phenols is 2. The highest BCUT2D eigenvalue weighted by Crippen LogP contribution is 2.29. The molecule has 0 aliphatic carbocycles. The van der Waals surface area contributed by atoms with E-state index in [1.54, 1.807) is 13.8 Å². The van der Waals surface area contributed by atoms with E-state index in [1.165, 1.54) is 6.07 Å². The molecule has 300 valence electrons. The first-order chi connectivity index (χ1) is 25.2. The highest BCUT2D eigenvalue weighted by molar-refractivity contribution is 5.94. The molecular weight excluding hydrogens is 744 g/mol. The Labute approximate surface area is 302 Å². The normalized spacial score (nSPS) is 18.8. The van der Waals surface area contributed by atoms with Crippen molar-refractivity contribution in [3.8, 4) is 11.5 Å². The highest BCUT2D eigenvalue weighted by atomic mass is 16.7. The third-order valence-electron chi connectivity index (χ3n) is 6.59. The number of carbonyl (C=O) groups is 5. The van der Waals surface area contributed by atoms with Gasteiger partial charge in [-0.3, -0.25) is 59.6 Å². The molecule has 5 atom stereocenters. The summed E-state index contributed by atoms with van der Waals surface area (Å²) < 4.78 is 29.8. The molecule has 1 heterocycles. The Kier molecular flexibility index (Phi) is 19.1. The van der Waals surface area contributed by atoms with E-state index < -0.39 is 139 Å². The van der Waals surface area contributed by atoms with Gasteiger partial charge in [-0.25, -0.2) is 4.79 Å². The van der Waals surface area contributed by atoms with E-state index in [2.05, 4.69) is 0 Å². The molecule has 0 bridgehead atoms. The van der Waals surface area contributed by atoms with Crippen LogP contribution in [0.2, 0.25) is 0 Å². The number of esters is 5. The van der Waals surface area contributed by atoms with Crippen LogP contribution in [0.25, 0.3) is 0 Å². The zero-order valence-corrected chi connectivity index (χ0v) is 28.5. The number of rotatable bonds is 19. The Balaban J connectivity index is 0.000000866. The second-order valence-corrected chi connectivity index (χ2v) is 10.7. The third kappa shape index (κ3) is 16.8. The van der Waals surface area contributed by atoms with Crippen LogP contribution in [0.3, 0.4) is 0 Å². The van der Waals surface area contributed by atoms with Gasteiger partial charge in [0.15, 0.2) is 24.6 Å². The summed E-state index contributed by atoms with van der Waals surface area (Å²) in [6, 6.07) is 2.51. The number of ether oxygens (including phenoxy) is 6. The van der Waals surface area contributed by atoms with Gasteiger partial charge < -0.3 is 43.7 Å². The number of aromatic hydroxyl groups is 2. The molecule has 0 aromatic heterocycles. The lowest BCUT2D eigenvalue weighted by Gasteiger charge is -2.42. The Morgan fingerprint density at radius 1 is 0.685 bits per heavy atom. The van der Waals surface area contributed by atoms with Crippen molar-refractivity contribution in [2.75, 3.05) is 39.4 Å². The van der Waals surface area contributed by atoms with Gasteiger partial charge in [-0.1, -0.05) is 0 Å². The molecule has 5 unspecified atom stereocenters. The summed E-state index contributed by atoms with van der Waals surface area (Å²) in [5.74, 6) is -5.98. The minimum absolute atomic E-state index is 0.0759. The van der Waals surface area contributed by atoms with E-state index in [-0.39, 0.29) is 23.7 Å². The van der Waals surface area contributed by atoms with Gasteiger partial charge in [-0.15, -0.1) is 0 Å². The molecule has 1 aliphatic heterocycles. The van der Waals surface area contributed by atoms with Gasteiger partial charge in [0.25, 0.3) is 0 Å². The first-order valence-corrected chi connectivity index (χ1v) is 15.5. The summed E-state index contributed by atoms with van der Waals surface area (Å²) in [6.07, 6.45) is -13.2. The molecule has 0 saturated carbocycles. The van der Waals surface area contributed by atoms with Gasteiger partial charge in [0.2, 0.25) is 26.2 Å². The molecule has 2 rings (SSSR count). The second kappa shape index (κ2) is 22.6. The summed E-state index contributed by atoms with van der Waals surface area (Å²) >= 11 is 0. The van der Waals surface area contributed by atoms with Crippen molar-refractivity contribution in [1.29, 1.82) is 0 Å². The number of hydrogen-bond acceptors (Lipinski definition) is 22. The lowest BCUT2D eigenvalue weighted by molar-refractivity contribution is -0.479. The Morgan fingerprint density at radius 2 is 1.11 bits per heavy atom. The summed E-state index contributed by atoms with van der Waals surface area (Å²) in [7, 11) is 0. The van der Waals surface area contributed by atoms with Crippen molar-refractivity contribution in [3.05, 3.63) is 63.7 Å². The standard InChI is InChI=1S/C18H24N4O18.C10H12O4/c23-11(1-5-19(28)29)36-9-10-15(38-12(24)2-6-20(30)31)16(39-13(25)3-7-21(32)33)17(18(27)37-10)40-14(26)4-8-22(34)35;1-3-14-10(13)9-6(2)4-7(11)5-8(9)12/h10,15-18,27H,1-9H2;4-5,11-12H,3H2,1-2H3. The number of aliphatic hydroxyl groups is 1. The van der Waals surface area contributed by atoms with Crippen molar-refractivity contribution in [2.45, 2.75) is 70.2 Å². The number of benzene rings is 1. The fraction of sp³-hybridized carbons (Fsp3) is 0.607. The molecule has 0 radical (unpaired) electrons. The lowest BCUT2D eigenvalue weighted by Crippen LogP contribution is -2.62. The van der Waals surface area contributed by atoms with E-state index in [4.69, 9.17) is 33.5 Å². The number of aliphatic hydroxyl groups excluding tert-OH is 1. The van der Waals surface area contributed by atoms with Gasteiger partial charge in [0, 0.05) is 25.8 Å². The first kappa shape index (κ1) is 45.7. The maximum atomic E-state index is 12.3. The average molecular weight is 781 g/mol. The van der Waals surface area contributed by atoms with Crippen LogP contribution in [0.5, 0.6) is 11.5 Å². The molecule has 0 amide bonds. The van der Waals surface area contributed by atoms with Crippen molar-refractivity contribution in [3.63, 3.8) is 0 Å². The minimum Gasteiger partial charge on any atom is -0.508 e. The van der Waals surface area contributed by atoms with Gasteiger partial charge in [-0.2, -0.15) is 0 Å². The van der Waals surface area contributed by atoms with Crippen molar-refractivity contribution >= 4 is 29.8 Å². The molecule has 3 N–H and O–H groups in total. The molecule has 54 heavy (non-hydrogen) atoms. The number of phenolic OH excluding ortho intramolecular Hbond substituents is 2. The Bertz CT molecular complexity index is 1530. The average Bonchev–Trinajstić information content (AvgIpc) is 3.06. The molecule has 26 nitrogen and oxygen atoms in total. The number of carbonyl (C=O) groups excluding carboxylic acids is 5. The monoisotopic (exact) mass is 780 g/mol. The zero-order valence-electron chi connectivity index (χ0n) is 28.5. The van der Waals surface area contributed by atoms with E-state index in [1.807, 2.05) is 0 Å². The number of aryl methyl sites for hydroxylation is 1. The van der Waals surface area contributed by atoms with Crippen LogP contribution in [0.15, 0.2) is 12.1 Å². The first-order valence-electron chi connectivity index (χ1n) is 15.5. The maximum absolute atomic E-state index is 12.3. The Morgan fingerprint density at radius 3 is 1.54 bits per heavy atom. The minimum atomic E-state index is -2.22. The Hall–Kier alpha value is -6.31. The number of nitro groups is 4. The SMILES string of the molecule is CCOC(=O)c1c(C)cc(O)cc1O.O=C(CC[N+](=O)[O-])OCC1OC(O)C(OC(=O)CC[N+](=O)[O-])C(OC(=O)CC[N+](=O)[O-])C1OC(=O)CC[N+](=O)[O-]. The summed E-state index contributed by atoms with van der Waals surface area (Å²) in [4.78, 5) is 98.6. The van der Waals surface area contributed by atoms with Gasteiger partial charge >= 0.3 is 29.8 Å². The van der Waals surface area contributed by atoms with Crippen molar-refractivity contribution in [2.24, 2.45) is 0 Å². The number of hydrogen-bond donors (Lipinski definition) is 3. The topological polar surface area (TPSA) is 374 Å². The maximum Gasteiger partial charge on any atom is 0.342 e. The van der Waals surface area contributed by atoms with Crippen molar-refractivity contribution < 1.29 is 87.4 Å². The fourth-order valence-corrected chi connectivity index (χ4v) is 4.26. The van der Waals surface area contributed by atoms with Crippen LogP contribution in [0, 0.1) is 47.4 Å². The molecular formula is C28H36N4O22. The van der Waals surface area contributed by atoms with Gasteiger partial charge in [-0.05, 0) is 25.5 Å². The summed E-state index contributed by atoms with van der Waals surface area (Å²) in [5, 5.41) is 71.2. The van der Waals surface area contributed by atoms with E-state index >= 15 is 0 Å². The van der Waals surface area contributed by atoms with Gasteiger partial charge in [0.1, 0.15) is 55.5 Å². The van der Waals surface area contributed by atoms with Crippen LogP contribution >= 0.6 is 0 Å². The van der Waals surface area contributed by atoms with E-state index in [0.717, 1.165) is 6.07 Å². The molecule has 1 fully saturated rings. The summed E-state index contributed by atoms with van der Waals surface area (Å²) in [5.41, 5.74) is 0.589. The van der Waals surface area contributed by atoms with Crippen LogP contribution < -0.4 is 0 Å². The molecule has 1 aromatic carbocycles. The predicted octanol–water partition coefficient (Wildman–Crippen LogP) is -0.768. The molecule has 0 spiro atoms. The van der Waals surface area contributed by atoms with Gasteiger partial charge in [0.05, 0.1) is 6.61 Å². The van der Waals surface area contributed by atoms with Crippen LogP contribution in [-0.4, -0.2) is 135 Å². The van der Waals surface area contributed by atoms with E-state index in [9.17, 15) is 74.6 Å². The smallest absolute Gasteiger partial charge is 0.342 e. The zero-order chi connectivity index (χ0) is 41.1. The number of nitrogens with zero attached hydrogens (tertiary/aromatic N) is 4. The third-order valence-corrected chi connectivity index (χ3v) is 6.59. The largest absolute Gasteiger partial charge is 0.508 e. The quantitative estimate of drug-likeness (QED) is 0.0671. The lowest BCUT2D eigenvalue weighted by atomic mass is 9.98. The molecule has 26 heteroatoms. The van der Waals surface area contributed by atoms with Crippen LogP contribution in [0.4, 0.5) is 0 Å². The summed E-state index contributed by atoms with van der Waals surface area (Å²) in [6.45, 7) is -0.908. The van der Waals surface area contributed by atoms with Crippen LogP contribution in [0.1, 0.15) is 48.5 Å².